The third-order valence-electron chi connectivity index (χ3n) is 7.36. The Morgan fingerprint density at radius 3 is 2.59 bits per heavy atom. The van der Waals surface area contributed by atoms with Crippen LogP contribution in [0.1, 0.15) is 41.0 Å². The van der Waals surface area contributed by atoms with Crippen molar-refractivity contribution in [1.29, 1.82) is 0 Å². The molecule has 1 amide bonds. The fraction of sp³-hybridized carbons (Fsp3) is 0.212. The van der Waals surface area contributed by atoms with Gasteiger partial charge in [0.05, 0.1) is 31.5 Å². The molecule has 2 aliphatic heterocycles. The summed E-state index contributed by atoms with van der Waals surface area (Å²) in [5.41, 5.74) is 2.95. The van der Waals surface area contributed by atoms with Crippen LogP contribution in [0.3, 0.4) is 0 Å². The number of hydrogen-bond donors (Lipinski definition) is 1. The molecule has 1 fully saturated rings. The van der Waals surface area contributed by atoms with Crippen LogP contribution in [0.15, 0.2) is 95.1 Å². The lowest BCUT2D eigenvalue weighted by molar-refractivity contribution is -0.140. The van der Waals surface area contributed by atoms with Gasteiger partial charge in [0, 0.05) is 12.0 Å². The zero-order valence-electron chi connectivity index (χ0n) is 22.7. The van der Waals surface area contributed by atoms with Crippen LogP contribution in [0, 0.1) is 0 Å². The summed E-state index contributed by atoms with van der Waals surface area (Å²) in [4.78, 5) is 28.3. The van der Waals surface area contributed by atoms with Gasteiger partial charge in [-0.25, -0.2) is 0 Å². The molecule has 8 nitrogen and oxygen atoms in total. The number of carbonyl (C=O) groups excluding carboxylic acids is 2. The van der Waals surface area contributed by atoms with E-state index in [1.807, 2.05) is 43.3 Å². The Bertz CT molecular complexity index is 1620. The van der Waals surface area contributed by atoms with Crippen molar-refractivity contribution < 1.29 is 33.3 Å². The van der Waals surface area contributed by atoms with E-state index in [0.29, 0.717) is 41.4 Å². The van der Waals surface area contributed by atoms with Crippen molar-refractivity contribution in [3.8, 4) is 17.2 Å². The lowest BCUT2D eigenvalue weighted by Gasteiger charge is -2.25. The fourth-order valence-electron chi connectivity index (χ4n) is 5.39. The van der Waals surface area contributed by atoms with E-state index in [4.69, 9.17) is 18.6 Å². The molecule has 2 aliphatic rings. The lowest BCUT2D eigenvalue weighted by atomic mass is 9.94. The monoisotopic (exact) mass is 551 g/mol. The van der Waals surface area contributed by atoms with Gasteiger partial charge in [0.2, 0.25) is 0 Å². The highest BCUT2D eigenvalue weighted by molar-refractivity contribution is 6.46. The summed E-state index contributed by atoms with van der Waals surface area (Å²) in [6.07, 6.45) is 2.22. The molecule has 1 aromatic heterocycles. The Kier molecular flexibility index (Phi) is 6.97. The number of Topliss-reactive ketones (excluding diaryl/α,β-unsaturated/α-hetero) is 1. The standard InChI is InChI=1S/C33H29NO7/c1-20-15-24-16-23(11-12-26(24)41-20)31(35)29-30(34(33(37)32(29)36)18-25-9-6-14-39-25)22-10-13-27(28(17-22)38-2)40-19-21-7-4-3-5-8-21/h3-14,16-17,20,30,35H,15,18-19H2,1-2H3/t20-,30+/m1/s1. The first-order valence-corrected chi connectivity index (χ1v) is 13.4. The molecule has 2 atom stereocenters. The van der Waals surface area contributed by atoms with Crippen LogP contribution >= 0.6 is 0 Å². The predicted molar refractivity (Wildman–Crippen MR) is 151 cm³/mol. The zero-order valence-corrected chi connectivity index (χ0v) is 22.7. The van der Waals surface area contributed by atoms with Crippen LogP contribution in [0.2, 0.25) is 0 Å². The number of ether oxygens (including phenoxy) is 3. The van der Waals surface area contributed by atoms with Crippen molar-refractivity contribution >= 4 is 17.4 Å². The van der Waals surface area contributed by atoms with Gasteiger partial charge in [-0.15, -0.1) is 0 Å². The number of hydrogen-bond acceptors (Lipinski definition) is 7. The maximum atomic E-state index is 13.5. The predicted octanol–water partition coefficient (Wildman–Crippen LogP) is 5.81. The SMILES string of the molecule is COc1cc([C@H]2C(=C(O)c3ccc4c(c3)C[C@@H](C)O4)C(=O)C(=O)N2Cc2ccco2)ccc1OCc1ccccc1. The molecule has 0 bridgehead atoms. The summed E-state index contributed by atoms with van der Waals surface area (Å²) in [7, 11) is 1.53. The van der Waals surface area contributed by atoms with Gasteiger partial charge in [-0.1, -0.05) is 36.4 Å². The highest BCUT2D eigenvalue weighted by Crippen LogP contribution is 2.43. The third kappa shape index (κ3) is 5.04. The molecule has 3 heterocycles. The van der Waals surface area contributed by atoms with E-state index in [-0.39, 0.29) is 24.0 Å². The third-order valence-corrected chi connectivity index (χ3v) is 7.36. The zero-order chi connectivity index (χ0) is 28.5. The van der Waals surface area contributed by atoms with E-state index < -0.39 is 17.7 Å². The van der Waals surface area contributed by atoms with Crippen LogP contribution in [-0.4, -0.2) is 34.9 Å². The largest absolute Gasteiger partial charge is 0.507 e. The first-order chi connectivity index (χ1) is 19.9. The molecule has 0 radical (unpaired) electrons. The van der Waals surface area contributed by atoms with Crippen LogP contribution in [-0.2, 0) is 29.2 Å². The maximum absolute atomic E-state index is 13.5. The molecular weight excluding hydrogens is 522 g/mol. The summed E-state index contributed by atoms with van der Waals surface area (Å²) in [5.74, 6) is 0.458. The van der Waals surface area contributed by atoms with Gasteiger partial charge in [-0.3, -0.25) is 9.59 Å². The molecule has 0 spiro atoms. The van der Waals surface area contributed by atoms with Crippen molar-refractivity contribution in [2.45, 2.75) is 38.6 Å². The number of aliphatic hydroxyl groups is 1. The Morgan fingerprint density at radius 1 is 1.00 bits per heavy atom. The quantitative estimate of drug-likeness (QED) is 0.168. The minimum Gasteiger partial charge on any atom is -0.507 e. The van der Waals surface area contributed by atoms with Gasteiger partial charge in [0.15, 0.2) is 11.5 Å². The number of nitrogens with zero attached hydrogens (tertiary/aromatic N) is 1. The molecule has 1 saturated heterocycles. The van der Waals surface area contributed by atoms with Crippen LogP contribution in [0.4, 0.5) is 0 Å². The Morgan fingerprint density at radius 2 is 1.83 bits per heavy atom. The van der Waals surface area contributed by atoms with Crippen LogP contribution in [0.5, 0.6) is 17.2 Å². The number of carbonyl (C=O) groups is 2. The molecule has 4 aromatic rings. The van der Waals surface area contributed by atoms with Crippen LogP contribution in [0.25, 0.3) is 5.76 Å². The number of furan rings is 1. The first-order valence-electron chi connectivity index (χ1n) is 13.4. The number of amides is 1. The van der Waals surface area contributed by atoms with Gasteiger partial charge in [-0.05, 0) is 66.1 Å². The molecular formula is C33H29NO7. The average molecular weight is 552 g/mol. The number of likely N-dealkylation sites (tertiary alicyclic amines) is 1. The molecule has 6 rings (SSSR count). The van der Waals surface area contributed by atoms with Crippen molar-refractivity contribution in [1.82, 2.24) is 4.90 Å². The lowest BCUT2D eigenvalue weighted by Crippen LogP contribution is -2.29. The molecule has 208 valence electrons. The molecule has 41 heavy (non-hydrogen) atoms. The summed E-state index contributed by atoms with van der Waals surface area (Å²) in [5, 5.41) is 11.5. The summed E-state index contributed by atoms with van der Waals surface area (Å²) >= 11 is 0. The van der Waals surface area contributed by atoms with E-state index in [1.165, 1.54) is 18.3 Å². The number of methoxy groups -OCH3 is 1. The Balaban J connectivity index is 1.41. The molecule has 8 heteroatoms. The van der Waals surface area contributed by atoms with E-state index in [0.717, 1.165) is 16.9 Å². The second-order valence-corrected chi connectivity index (χ2v) is 10.1. The van der Waals surface area contributed by atoms with Gasteiger partial charge in [0.1, 0.15) is 30.0 Å². The van der Waals surface area contributed by atoms with Crippen molar-refractivity contribution in [2.75, 3.05) is 7.11 Å². The molecule has 0 saturated carbocycles. The van der Waals surface area contributed by atoms with Gasteiger partial charge >= 0.3 is 0 Å². The first kappa shape index (κ1) is 26.3. The van der Waals surface area contributed by atoms with E-state index in [1.54, 1.807) is 42.5 Å². The number of aliphatic hydroxyl groups excluding tert-OH is 1. The average Bonchev–Trinajstić information content (AvgIpc) is 3.70. The van der Waals surface area contributed by atoms with Crippen molar-refractivity contribution in [2.24, 2.45) is 0 Å². The normalized spacial score (nSPS) is 19.2. The van der Waals surface area contributed by atoms with Crippen molar-refractivity contribution in [3.63, 3.8) is 0 Å². The summed E-state index contributed by atoms with van der Waals surface area (Å²) in [6, 6.07) is 22.9. The fourth-order valence-corrected chi connectivity index (χ4v) is 5.39. The Hall–Kier alpha value is -4.98. The topological polar surface area (TPSA) is 98.4 Å². The molecule has 3 aromatic carbocycles. The second-order valence-electron chi connectivity index (χ2n) is 10.1. The highest BCUT2D eigenvalue weighted by Gasteiger charge is 2.46. The highest BCUT2D eigenvalue weighted by atomic mass is 16.5. The van der Waals surface area contributed by atoms with Gasteiger partial charge in [-0.2, -0.15) is 0 Å². The summed E-state index contributed by atoms with van der Waals surface area (Å²) in [6.45, 7) is 2.36. The van der Waals surface area contributed by atoms with E-state index in [2.05, 4.69) is 0 Å². The molecule has 0 aliphatic carbocycles. The van der Waals surface area contributed by atoms with Crippen molar-refractivity contribution in [3.05, 3.63) is 119 Å². The number of fused-ring (bicyclic) bond motifs is 1. The second kappa shape index (κ2) is 10.9. The van der Waals surface area contributed by atoms with E-state index in [9.17, 15) is 14.7 Å². The smallest absolute Gasteiger partial charge is 0.296 e. The van der Waals surface area contributed by atoms with E-state index >= 15 is 0 Å². The Labute approximate surface area is 237 Å². The molecule has 0 unspecified atom stereocenters. The molecule has 1 N–H and O–H groups in total. The number of rotatable bonds is 8. The minimum absolute atomic E-state index is 0.00604. The van der Waals surface area contributed by atoms with Gasteiger partial charge < -0.3 is 28.6 Å². The maximum Gasteiger partial charge on any atom is 0.296 e. The van der Waals surface area contributed by atoms with Crippen LogP contribution < -0.4 is 14.2 Å². The van der Waals surface area contributed by atoms with Gasteiger partial charge in [0.25, 0.3) is 11.7 Å². The number of benzene rings is 3. The summed E-state index contributed by atoms with van der Waals surface area (Å²) < 4.78 is 23.0. The minimum atomic E-state index is -0.888. The number of ketones is 1.